The van der Waals surface area contributed by atoms with Crippen LogP contribution in [0.25, 0.3) is 0 Å². The van der Waals surface area contributed by atoms with Gasteiger partial charge in [0.2, 0.25) is 0 Å². The van der Waals surface area contributed by atoms with E-state index in [9.17, 15) is 14.4 Å². The van der Waals surface area contributed by atoms with Gasteiger partial charge in [-0.25, -0.2) is 4.79 Å². The molecular weight excluding hydrogens is 152 g/mol. The second-order valence-corrected chi connectivity index (χ2v) is 2.16. The van der Waals surface area contributed by atoms with Crippen LogP contribution in [0.1, 0.15) is 19.8 Å². The molecule has 0 atom stereocenters. The quantitative estimate of drug-likeness (QED) is 0.386. The molecule has 0 radical (unpaired) electrons. The van der Waals surface area contributed by atoms with E-state index in [2.05, 4.69) is 4.84 Å². The topological polar surface area (TPSA) is 63.7 Å². The maximum atomic E-state index is 10.7. The second kappa shape index (κ2) is 2.69. The molecule has 60 valence electrons. The lowest BCUT2D eigenvalue weighted by Crippen LogP contribution is -2.30. The lowest BCUT2D eigenvalue weighted by atomic mass is 10.4. The van der Waals surface area contributed by atoms with Gasteiger partial charge >= 0.3 is 5.97 Å². The fraction of sp³-hybridized carbons (Fsp3) is 0.500. The maximum absolute atomic E-state index is 10.7. The van der Waals surface area contributed by atoms with Crippen molar-refractivity contribution in [1.82, 2.24) is 5.06 Å². The first-order valence-electron chi connectivity index (χ1n) is 3.15. The number of hydroxylamine groups is 2. The summed E-state index contributed by atoms with van der Waals surface area (Å²) in [6.45, 7) is 1.14. The van der Waals surface area contributed by atoms with Crippen LogP contribution in [0.3, 0.4) is 0 Å². The van der Waals surface area contributed by atoms with Crippen LogP contribution in [-0.2, 0) is 19.2 Å². The highest BCUT2D eigenvalue weighted by Gasteiger charge is 2.31. The average molecular weight is 159 g/mol. The van der Waals surface area contributed by atoms with Gasteiger partial charge in [-0.1, -0.05) is 0 Å². The van der Waals surface area contributed by atoms with Crippen molar-refractivity contribution in [3.63, 3.8) is 0 Å². The Balaban J connectivity index is 2.62. The molecule has 1 aliphatic heterocycles. The lowest BCUT2D eigenvalue weighted by molar-refractivity contribution is -0.195. The van der Waals surface area contributed by atoms with Gasteiger partial charge in [-0.2, -0.15) is 0 Å². The molecule has 0 spiro atoms. The van der Waals surface area contributed by atoms with Gasteiger partial charge < -0.3 is 4.84 Å². The zero-order chi connectivity index (χ0) is 8.43. The van der Waals surface area contributed by atoms with Crippen LogP contribution < -0.4 is 0 Å². The molecule has 1 aliphatic rings. The van der Waals surface area contributed by atoms with Crippen molar-refractivity contribution in [3.05, 3.63) is 0 Å². The highest BCUT2D eigenvalue weighted by molar-refractivity contribution is 6.01. The summed E-state index contributed by atoms with van der Waals surface area (Å²) in [5.74, 6) is -1.57. The Morgan fingerprint density at radius 2 is 1.82 bits per heavy atom. The minimum Gasteiger partial charge on any atom is -0.331 e. The SMILES string of the molecule is [13CH3][13C](=O)ON1C(=O)CCC1=O. The molecule has 5 heteroatoms. The molecule has 1 heterocycles. The standard InChI is InChI=1S/C6H7NO4/c1-4(8)11-7-5(9)2-3-6(7)10/h2-3H2,1H3/i1+1,4+1. The minimum atomic E-state index is -0.659. The molecule has 11 heavy (non-hydrogen) atoms. The van der Waals surface area contributed by atoms with Gasteiger partial charge in [-0.15, -0.1) is 5.06 Å². The molecule has 0 aromatic heterocycles. The summed E-state index contributed by atoms with van der Waals surface area (Å²) in [7, 11) is 0. The molecule has 2 amide bonds. The summed E-state index contributed by atoms with van der Waals surface area (Å²) in [4.78, 5) is 36.1. The number of carbonyl (C=O) groups excluding carboxylic acids is 3. The normalized spacial score (nSPS) is 17.4. The number of amides is 2. The third-order valence-electron chi connectivity index (χ3n) is 1.23. The summed E-state index contributed by atoms with van der Waals surface area (Å²) in [5, 5.41) is 0.516. The molecule has 0 unspecified atom stereocenters. The minimum absolute atomic E-state index is 0.131. The largest absolute Gasteiger partial charge is 0.331 e. The Morgan fingerprint density at radius 3 is 2.18 bits per heavy atom. The number of hydrogen-bond donors (Lipinski definition) is 0. The van der Waals surface area contributed by atoms with Crippen LogP contribution in [0, 0.1) is 0 Å². The van der Waals surface area contributed by atoms with Crippen molar-refractivity contribution >= 4 is 17.8 Å². The van der Waals surface area contributed by atoms with E-state index in [1.54, 1.807) is 0 Å². The molecule has 1 rings (SSSR count). The predicted octanol–water partition coefficient (Wildman–Crippen LogP) is -0.387. The van der Waals surface area contributed by atoms with E-state index in [1.807, 2.05) is 0 Å². The highest BCUT2D eigenvalue weighted by atomic mass is 16.8. The van der Waals surface area contributed by atoms with Gasteiger partial charge in [-0.05, 0) is 0 Å². The highest BCUT2D eigenvalue weighted by Crippen LogP contribution is 2.11. The summed E-state index contributed by atoms with van der Waals surface area (Å²) in [6.07, 6.45) is 0.262. The monoisotopic (exact) mass is 159 g/mol. The molecule has 0 N–H and O–H groups in total. The van der Waals surface area contributed by atoms with E-state index in [0.717, 1.165) is 6.92 Å². The molecular formula is C6H7NO4. The van der Waals surface area contributed by atoms with Gasteiger partial charge in [0.1, 0.15) is 0 Å². The van der Waals surface area contributed by atoms with Gasteiger partial charge in [-0.3, -0.25) is 9.59 Å². The molecule has 1 fully saturated rings. The Hall–Kier alpha value is -1.39. The van der Waals surface area contributed by atoms with E-state index >= 15 is 0 Å². The summed E-state index contributed by atoms with van der Waals surface area (Å²) >= 11 is 0. The maximum Gasteiger partial charge on any atom is 0.330 e. The number of carbonyl (C=O) groups is 3. The molecule has 5 nitrogen and oxygen atoms in total. The molecule has 0 aliphatic carbocycles. The van der Waals surface area contributed by atoms with E-state index in [0.29, 0.717) is 5.06 Å². The summed E-state index contributed by atoms with van der Waals surface area (Å²) < 4.78 is 0. The average Bonchev–Trinajstić information content (AvgIpc) is 2.18. The fourth-order valence-electron chi connectivity index (χ4n) is 0.786. The van der Waals surface area contributed by atoms with Crippen molar-refractivity contribution in [1.29, 1.82) is 0 Å². The second-order valence-electron chi connectivity index (χ2n) is 2.16. The van der Waals surface area contributed by atoms with Crippen LogP contribution >= 0.6 is 0 Å². The smallest absolute Gasteiger partial charge is 0.330 e. The summed E-state index contributed by atoms with van der Waals surface area (Å²) in [6, 6.07) is 0. The first kappa shape index (κ1) is 7.71. The van der Waals surface area contributed by atoms with Crippen molar-refractivity contribution < 1.29 is 19.2 Å². The third kappa shape index (κ3) is 1.54. The number of nitrogens with zero attached hydrogens (tertiary/aromatic N) is 1. The van der Waals surface area contributed by atoms with Crippen molar-refractivity contribution in [2.24, 2.45) is 0 Å². The van der Waals surface area contributed by atoms with E-state index in [4.69, 9.17) is 0 Å². The van der Waals surface area contributed by atoms with Gasteiger partial charge in [0.25, 0.3) is 11.8 Å². The predicted molar refractivity (Wildman–Crippen MR) is 32.9 cm³/mol. The number of hydrogen-bond acceptors (Lipinski definition) is 4. The Morgan fingerprint density at radius 1 is 1.36 bits per heavy atom. The fourth-order valence-corrected chi connectivity index (χ4v) is 0.786. The lowest BCUT2D eigenvalue weighted by Gasteiger charge is -2.09. The van der Waals surface area contributed by atoms with Gasteiger partial charge in [0.05, 0.1) is 0 Å². The van der Waals surface area contributed by atoms with Crippen LogP contribution in [0.15, 0.2) is 0 Å². The number of rotatable bonds is 1. The van der Waals surface area contributed by atoms with Crippen LogP contribution in [0.5, 0.6) is 0 Å². The Bertz CT molecular complexity index is 207. The zero-order valence-electron chi connectivity index (χ0n) is 5.99. The van der Waals surface area contributed by atoms with Gasteiger partial charge in [0, 0.05) is 19.8 Å². The molecule has 0 saturated carbocycles. The van der Waals surface area contributed by atoms with E-state index < -0.39 is 17.8 Å². The van der Waals surface area contributed by atoms with Crippen LogP contribution in [-0.4, -0.2) is 22.8 Å². The first-order valence-corrected chi connectivity index (χ1v) is 3.15. The molecule has 0 aromatic rings. The van der Waals surface area contributed by atoms with Crippen LogP contribution in [0.4, 0.5) is 0 Å². The summed E-state index contributed by atoms with van der Waals surface area (Å²) in [5.41, 5.74) is 0. The molecule has 1 saturated heterocycles. The van der Waals surface area contributed by atoms with Crippen molar-refractivity contribution in [2.45, 2.75) is 19.8 Å². The Kier molecular flexibility index (Phi) is 1.89. The molecule has 0 aromatic carbocycles. The van der Waals surface area contributed by atoms with E-state index in [1.165, 1.54) is 0 Å². The molecule has 0 bridgehead atoms. The number of imide groups is 1. The van der Waals surface area contributed by atoms with E-state index in [-0.39, 0.29) is 12.8 Å². The van der Waals surface area contributed by atoms with Crippen molar-refractivity contribution in [3.8, 4) is 0 Å². The Labute approximate surface area is 62.9 Å². The first-order chi connectivity index (χ1) is 5.11. The van der Waals surface area contributed by atoms with Gasteiger partial charge in [0.15, 0.2) is 0 Å². The van der Waals surface area contributed by atoms with Crippen LogP contribution in [0.2, 0.25) is 0 Å². The zero-order valence-corrected chi connectivity index (χ0v) is 5.99. The third-order valence-corrected chi connectivity index (χ3v) is 1.23. The van der Waals surface area contributed by atoms with Crippen molar-refractivity contribution in [2.75, 3.05) is 0 Å².